The molecule has 1 heteroatoms. The molecule has 0 heterocycles. The van der Waals surface area contributed by atoms with Gasteiger partial charge in [0.1, 0.15) is 5.78 Å². The van der Waals surface area contributed by atoms with Crippen LogP contribution < -0.4 is 0 Å². The van der Waals surface area contributed by atoms with E-state index < -0.39 is 0 Å². The van der Waals surface area contributed by atoms with Crippen molar-refractivity contribution in [2.75, 3.05) is 0 Å². The fraction of sp³-hybridized carbons (Fsp3) is 0.278. The molecule has 19 heavy (non-hydrogen) atoms. The van der Waals surface area contributed by atoms with Crippen molar-refractivity contribution in [2.24, 2.45) is 0 Å². The molecule has 0 bridgehead atoms. The summed E-state index contributed by atoms with van der Waals surface area (Å²) in [6, 6.07) is 14.4. The highest BCUT2D eigenvalue weighted by Crippen LogP contribution is 2.12. The van der Waals surface area contributed by atoms with E-state index in [2.05, 4.69) is 51.1 Å². The monoisotopic (exact) mass is 252 g/mol. The number of ketones is 1. The number of carbonyl (C=O) groups excluding carboxylic acids is 1. The molecule has 0 aromatic heterocycles. The van der Waals surface area contributed by atoms with E-state index in [0.717, 1.165) is 11.1 Å². The quantitative estimate of drug-likeness (QED) is 0.804. The molecule has 98 valence electrons. The summed E-state index contributed by atoms with van der Waals surface area (Å²) in [6.45, 7) is 6.23. The van der Waals surface area contributed by atoms with Gasteiger partial charge in [0, 0.05) is 12.8 Å². The molecule has 0 amide bonds. The second-order valence-corrected chi connectivity index (χ2v) is 5.30. The summed E-state index contributed by atoms with van der Waals surface area (Å²) >= 11 is 0. The van der Waals surface area contributed by atoms with E-state index in [-0.39, 0.29) is 5.78 Å². The van der Waals surface area contributed by atoms with Gasteiger partial charge in [0.15, 0.2) is 0 Å². The Hall–Kier alpha value is -1.89. The van der Waals surface area contributed by atoms with Crippen molar-refractivity contribution in [2.45, 2.75) is 33.6 Å². The van der Waals surface area contributed by atoms with Crippen LogP contribution in [0.15, 0.2) is 42.5 Å². The van der Waals surface area contributed by atoms with E-state index in [4.69, 9.17) is 0 Å². The van der Waals surface area contributed by atoms with E-state index in [1.54, 1.807) is 0 Å². The molecule has 0 aliphatic carbocycles. The van der Waals surface area contributed by atoms with Crippen molar-refractivity contribution < 1.29 is 4.79 Å². The molecule has 0 N–H and O–H groups in total. The van der Waals surface area contributed by atoms with E-state index in [9.17, 15) is 4.79 Å². The molecule has 0 aliphatic heterocycles. The Balaban J connectivity index is 2.03. The van der Waals surface area contributed by atoms with Crippen molar-refractivity contribution in [3.05, 3.63) is 70.3 Å². The van der Waals surface area contributed by atoms with Gasteiger partial charge in [-0.3, -0.25) is 4.79 Å². The highest BCUT2D eigenvalue weighted by molar-refractivity contribution is 5.83. The van der Waals surface area contributed by atoms with Gasteiger partial charge in [0.2, 0.25) is 0 Å². The number of aryl methyl sites for hydroxylation is 3. The fourth-order valence-electron chi connectivity index (χ4n) is 2.25. The number of benzene rings is 2. The molecular weight excluding hydrogens is 232 g/mol. The predicted molar refractivity (Wildman–Crippen MR) is 79.5 cm³/mol. The maximum atomic E-state index is 12.1. The minimum atomic E-state index is 0.272. The Bertz CT molecular complexity index is 596. The topological polar surface area (TPSA) is 17.1 Å². The van der Waals surface area contributed by atoms with E-state index in [1.807, 2.05) is 12.1 Å². The van der Waals surface area contributed by atoms with Crippen molar-refractivity contribution in [3.63, 3.8) is 0 Å². The summed E-state index contributed by atoms with van der Waals surface area (Å²) in [5.74, 6) is 0.272. The molecule has 0 radical (unpaired) electrons. The lowest BCUT2D eigenvalue weighted by molar-refractivity contribution is -0.117. The third-order valence-electron chi connectivity index (χ3n) is 3.46. The van der Waals surface area contributed by atoms with Crippen molar-refractivity contribution >= 4 is 5.78 Å². The van der Waals surface area contributed by atoms with Gasteiger partial charge in [0.25, 0.3) is 0 Å². The zero-order valence-electron chi connectivity index (χ0n) is 11.9. The number of hydrogen-bond donors (Lipinski definition) is 0. The van der Waals surface area contributed by atoms with Gasteiger partial charge in [0.05, 0.1) is 0 Å². The SMILES string of the molecule is Cc1cccc(CC(=O)Cc2ccc(C)c(C)c2)c1. The molecule has 0 saturated heterocycles. The first kappa shape index (κ1) is 13.5. The van der Waals surface area contributed by atoms with Gasteiger partial charge in [-0.15, -0.1) is 0 Å². The largest absolute Gasteiger partial charge is 0.299 e. The molecule has 2 aromatic carbocycles. The summed E-state index contributed by atoms with van der Waals surface area (Å²) in [5, 5.41) is 0. The van der Waals surface area contributed by atoms with Crippen LogP contribution in [0.1, 0.15) is 27.8 Å². The Kier molecular flexibility index (Phi) is 4.16. The molecule has 1 nitrogen and oxygen atoms in total. The highest BCUT2D eigenvalue weighted by atomic mass is 16.1. The van der Waals surface area contributed by atoms with Crippen molar-refractivity contribution in [3.8, 4) is 0 Å². The smallest absolute Gasteiger partial charge is 0.141 e. The molecule has 0 fully saturated rings. The summed E-state index contributed by atoms with van der Waals surface area (Å²) in [5.41, 5.74) is 5.95. The van der Waals surface area contributed by atoms with Gasteiger partial charge in [-0.05, 0) is 43.0 Å². The van der Waals surface area contributed by atoms with Gasteiger partial charge < -0.3 is 0 Å². The van der Waals surface area contributed by atoms with Crippen LogP contribution >= 0.6 is 0 Å². The lowest BCUT2D eigenvalue weighted by atomic mass is 9.99. The average molecular weight is 252 g/mol. The maximum absolute atomic E-state index is 12.1. The summed E-state index contributed by atoms with van der Waals surface area (Å²) in [6.07, 6.45) is 1.05. The van der Waals surface area contributed by atoms with Gasteiger partial charge in [-0.25, -0.2) is 0 Å². The lowest BCUT2D eigenvalue weighted by Crippen LogP contribution is -2.07. The summed E-state index contributed by atoms with van der Waals surface area (Å²) < 4.78 is 0. The van der Waals surface area contributed by atoms with Crippen LogP contribution in [0.4, 0.5) is 0 Å². The third kappa shape index (κ3) is 3.78. The molecule has 0 atom stereocenters. The van der Waals surface area contributed by atoms with Crippen LogP contribution in [0, 0.1) is 20.8 Å². The Morgan fingerprint density at radius 1 is 0.842 bits per heavy atom. The van der Waals surface area contributed by atoms with Gasteiger partial charge in [-0.2, -0.15) is 0 Å². The number of Topliss-reactive ketones (excluding diaryl/α,β-unsaturated/α-hetero) is 1. The molecule has 0 saturated carbocycles. The minimum Gasteiger partial charge on any atom is -0.299 e. The van der Waals surface area contributed by atoms with Crippen LogP contribution in [0.5, 0.6) is 0 Å². The molecule has 0 aliphatic rings. The number of hydrogen-bond acceptors (Lipinski definition) is 1. The zero-order chi connectivity index (χ0) is 13.8. The lowest BCUT2D eigenvalue weighted by Gasteiger charge is -2.05. The number of carbonyl (C=O) groups is 1. The van der Waals surface area contributed by atoms with Crippen molar-refractivity contribution in [1.82, 2.24) is 0 Å². The highest BCUT2D eigenvalue weighted by Gasteiger charge is 2.06. The van der Waals surface area contributed by atoms with Crippen LogP contribution in [0.25, 0.3) is 0 Å². The fourth-order valence-corrected chi connectivity index (χ4v) is 2.25. The van der Waals surface area contributed by atoms with E-state index in [0.29, 0.717) is 12.8 Å². The average Bonchev–Trinajstić information content (AvgIpc) is 2.34. The molecular formula is C18H20O. The molecule has 2 rings (SSSR count). The first-order chi connectivity index (χ1) is 9.04. The molecule has 2 aromatic rings. The van der Waals surface area contributed by atoms with E-state index in [1.165, 1.54) is 16.7 Å². The normalized spacial score (nSPS) is 10.5. The first-order valence-corrected chi connectivity index (χ1v) is 6.68. The number of rotatable bonds is 4. The standard InChI is InChI=1S/C18H20O/c1-13-5-4-6-16(9-13)11-18(19)12-17-8-7-14(2)15(3)10-17/h4-10H,11-12H2,1-3H3. The van der Waals surface area contributed by atoms with Crippen LogP contribution in [-0.4, -0.2) is 5.78 Å². The second-order valence-electron chi connectivity index (χ2n) is 5.30. The minimum absolute atomic E-state index is 0.272. The molecule has 0 unspecified atom stereocenters. The Morgan fingerprint density at radius 3 is 2.16 bits per heavy atom. The van der Waals surface area contributed by atoms with Gasteiger partial charge >= 0.3 is 0 Å². The maximum Gasteiger partial charge on any atom is 0.141 e. The molecule has 0 spiro atoms. The second kappa shape index (κ2) is 5.83. The van der Waals surface area contributed by atoms with E-state index >= 15 is 0 Å². The Morgan fingerprint density at radius 2 is 1.53 bits per heavy atom. The summed E-state index contributed by atoms with van der Waals surface area (Å²) in [7, 11) is 0. The predicted octanol–water partition coefficient (Wildman–Crippen LogP) is 3.97. The third-order valence-corrected chi connectivity index (χ3v) is 3.46. The summed E-state index contributed by atoms with van der Waals surface area (Å²) in [4.78, 5) is 12.1. The zero-order valence-corrected chi connectivity index (χ0v) is 11.9. The van der Waals surface area contributed by atoms with Crippen LogP contribution in [0.3, 0.4) is 0 Å². The van der Waals surface area contributed by atoms with Crippen LogP contribution in [0.2, 0.25) is 0 Å². The first-order valence-electron chi connectivity index (χ1n) is 6.68. The van der Waals surface area contributed by atoms with Crippen LogP contribution in [-0.2, 0) is 17.6 Å². The Labute approximate surface area is 115 Å². The van der Waals surface area contributed by atoms with Gasteiger partial charge in [-0.1, -0.05) is 48.0 Å². The van der Waals surface area contributed by atoms with Crippen molar-refractivity contribution in [1.29, 1.82) is 0 Å².